The molecule has 1 aliphatic rings. The minimum atomic E-state index is 0.143. The number of carbonyl (C=O) groups excluding carboxylic acids is 1. The molecular formula is C13H26N2O. The Kier molecular flexibility index (Phi) is 7.23. The summed E-state index contributed by atoms with van der Waals surface area (Å²) >= 11 is 0. The van der Waals surface area contributed by atoms with Crippen molar-refractivity contribution >= 4 is 5.91 Å². The molecule has 16 heavy (non-hydrogen) atoms. The van der Waals surface area contributed by atoms with E-state index >= 15 is 0 Å². The average Bonchev–Trinajstić information content (AvgIpc) is 2.31. The van der Waals surface area contributed by atoms with E-state index in [9.17, 15) is 4.79 Å². The smallest absolute Gasteiger partial charge is 0.233 e. The van der Waals surface area contributed by atoms with Crippen molar-refractivity contribution in [3.63, 3.8) is 0 Å². The van der Waals surface area contributed by atoms with Gasteiger partial charge in [-0.1, -0.05) is 32.6 Å². The van der Waals surface area contributed by atoms with Crippen molar-refractivity contribution in [3.8, 4) is 0 Å². The molecule has 1 fully saturated rings. The molecule has 1 saturated carbocycles. The van der Waals surface area contributed by atoms with Gasteiger partial charge in [-0.15, -0.1) is 0 Å². The molecule has 0 aromatic heterocycles. The highest BCUT2D eigenvalue weighted by atomic mass is 16.1. The molecule has 0 unspecified atom stereocenters. The molecular weight excluding hydrogens is 200 g/mol. The number of unbranched alkanes of at least 4 members (excludes halogenated alkanes) is 1. The van der Waals surface area contributed by atoms with E-state index in [1.807, 2.05) is 0 Å². The minimum absolute atomic E-state index is 0.143. The van der Waals surface area contributed by atoms with E-state index in [0.717, 1.165) is 31.8 Å². The van der Waals surface area contributed by atoms with Crippen molar-refractivity contribution in [1.82, 2.24) is 10.6 Å². The van der Waals surface area contributed by atoms with E-state index in [0.29, 0.717) is 6.54 Å². The molecule has 0 spiro atoms. The Labute approximate surface area is 99.4 Å². The second kappa shape index (κ2) is 8.57. The van der Waals surface area contributed by atoms with E-state index in [4.69, 9.17) is 0 Å². The van der Waals surface area contributed by atoms with E-state index in [1.54, 1.807) is 0 Å². The van der Waals surface area contributed by atoms with Crippen LogP contribution in [0.5, 0.6) is 0 Å². The van der Waals surface area contributed by atoms with Gasteiger partial charge in [0.25, 0.3) is 0 Å². The molecule has 1 aliphatic carbocycles. The fourth-order valence-corrected chi connectivity index (χ4v) is 2.25. The molecule has 0 bridgehead atoms. The van der Waals surface area contributed by atoms with E-state index < -0.39 is 0 Å². The molecule has 0 radical (unpaired) electrons. The van der Waals surface area contributed by atoms with Gasteiger partial charge in [0.05, 0.1) is 6.54 Å². The standard InChI is InChI=1S/C13H26N2O/c1-2-3-9-15-13(16)11-14-10-12-7-5-4-6-8-12/h12,14H,2-11H2,1H3,(H,15,16). The Bertz CT molecular complexity index is 188. The van der Waals surface area contributed by atoms with Crippen LogP contribution in [0.15, 0.2) is 0 Å². The maximum Gasteiger partial charge on any atom is 0.233 e. The van der Waals surface area contributed by atoms with Crippen molar-refractivity contribution in [2.24, 2.45) is 5.92 Å². The number of rotatable bonds is 7. The fourth-order valence-electron chi connectivity index (χ4n) is 2.25. The summed E-state index contributed by atoms with van der Waals surface area (Å²) < 4.78 is 0. The van der Waals surface area contributed by atoms with Crippen LogP contribution < -0.4 is 10.6 Å². The van der Waals surface area contributed by atoms with E-state index in [2.05, 4.69) is 17.6 Å². The van der Waals surface area contributed by atoms with Crippen LogP contribution in [-0.2, 0) is 4.79 Å². The summed E-state index contributed by atoms with van der Waals surface area (Å²) in [6.07, 6.45) is 9.02. The van der Waals surface area contributed by atoms with Gasteiger partial charge in [0.1, 0.15) is 0 Å². The van der Waals surface area contributed by atoms with Gasteiger partial charge in [0.2, 0.25) is 5.91 Å². The summed E-state index contributed by atoms with van der Waals surface area (Å²) in [4.78, 5) is 11.4. The van der Waals surface area contributed by atoms with Crippen LogP contribution >= 0.6 is 0 Å². The topological polar surface area (TPSA) is 41.1 Å². The Morgan fingerprint density at radius 1 is 1.25 bits per heavy atom. The van der Waals surface area contributed by atoms with Gasteiger partial charge < -0.3 is 10.6 Å². The van der Waals surface area contributed by atoms with Crippen LogP contribution in [0.1, 0.15) is 51.9 Å². The second-order valence-corrected chi connectivity index (χ2v) is 4.84. The lowest BCUT2D eigenvalue weighted by molar-refractivity contribution is -0.120. The third-order valence-corrected chi connectivity index (χ3v) is 3.30. The first-order chi connectivity index (χ1) is 7.83. The van der Waals surface area contributed by atoms with Gasteiger partial charge >= 0.3 is 0 Å². The highest BCUT2D eigenvalue weighted by Gasteiger charge is 2.12. The van der Waals surface area contributed by atoms with E-state index in [1.165, 1.54) is 32.1 Å². The number of amides is 1. The number of hydrogen-bond donors (Lipinski definition) is 2. The quantitative estimate of drug-likeness (QED) is 0.653. The Hall–Kier alpha value is -0.570. The zero-order valence-corrected chi connectivity index (χ0v) is 10.6. The lowest BCUT2D eigenvalue weighted by Gasteiger charge is -2.21. The molecule has 1 amide bonds. The third-order valence-electron chi connectivity index (χ3n) is 3.30. The summed E-state index contributed by atoms with van der Waals surface area (Å²) in [6.45, 7) is 4.45. The van der Waals surface area contributed by atoms with Crippen LogP contribution in [0.4, 0.5) is 0 Å². The Balaban J connectivity index is 1.94. The number of hydrogen-bond acceptors (Lipinski definition) is 2. The molecule has 0 atom stereocenters. The summed E-state index contributed by atoms with van der Waals surface area (Å²) in [6, 6.07) is 0. The van der Waals surface area contributed by atoms with Crippen LogP contribution in [0.25, 0.3) is 0 Å². The Morgan fingerprint density at radius 3 is 2.69 bits per heavy atom. The van der Waals surface area contributed by atoms with Crippen molar-refractivity contribution in [2.45, 2.75) is 51.9 Å². The van der Waals surface area contributed by atoms with Crippen molar-refractivity contribution in [2.75, 3.05) is 19.6 Å². The average molecular weight is 226 g/mol. The molecule has 0 aromatic carbocycles. The predicted octanol–water partition coefficient (Wildman–Crippen LogP) is 2.07. The van der Waals surface area contributed by atoms with Gasteiger partial charge in [-0.2, -0.15) is 0 Å². The molecule has 2 N–H and O–H groups in total. The van der Waals surface area contributed by atoms with Gasteiger partial charge in [-0.25, -0.2) is 0 Å². The van der Waals surface area contributed by atoms with Crippen LogP contribution in [0, 0.1) is 5.92 Å². The minimum Gasteiger partial charge on any atom is -0.355 e. The Morgan fingerprint density at radius 2 is 2.00 bits per heavy atom. The van der Waals surface area contributed by atoms with Crippen molar-refractivity contribution in [1.29, 1.82) is 0 Å². The zero-order chi connectivity index (χ0) is 11.6. The fraction of sp³-hybridized carbons (Fsp3) is 0.923. The van der Waals surface area contributed by atoms with Crippen LogP contribution in [-0.4, -0.2) is 25.5 Å². The van der Waals surface area contributed by atoms with Gasteiger partial charge in [0.15, 0.2) is 0 Å². The van der Waals surface area contributed by atoms with Crippen molar-refractivity contribution < 1.29 is 4.79 Å². The highest BCUT2D eigenvalue weighted by Crippen LogP contribution is 2.22. The molecule has 0 saturated heterocycles. The normalized spacial score (nSPS) is 17.3. The van der Waals surface area contributed by atoms with Crippen LogP contribution in [0.2, 0.25) is 0 Å². The summed E-state index contributed by atoms with van der Waals surface area (Å²) in [5.74, 6) is 0.946. The molecule has 0 aromatic rings. The van der Waals surface area contributed by atoms with Crippen LogP contribution in [0.3, 0.4) is 0 Å². The summed E-state index contributed by atoms with van der Waals surface area (Å²) in [7, 11) is 0. The zero-order valence-electron chi connectivity index (χ0n) is 10.6. The second-order valence-electron chi connectivity index (χ2n) is 4.84. The molecule has 3 heteroatoms. The summed E-state index contributed by atoms with van der Waals surface area (Å²) in [5.41, 5.74) is 0. The largest absolute Gasteiger partial charge is 0.355 e. The lowest BCUT2D eigenvalue weighted by Crippen LogP contribution is -2.36. The first kappa shape index (κ1) is 13.5. The van der Waals surface area contributed by atoms with Crippen molar-refractivity contribution in [3.05, 3.63) is 0 Å². The first-order valence-electron chi connectivity index (χ1n) is 6.80. The number of nitrogens with one attached hydrogen (secondary N) is 2. The van der Waals surface area contributed by atoms with Gasteiger partial charge in [0, 0.05) is 6.54 Å². The third kappa shape index (κ3) is 6.11. The van der Waals surface area contributed by atoms with E-state index in [-0.39, 0.29) is 5.91 Å². The lowest BCUT2D eigenvalue weighted by atomic mass is 9.89. The highest BCUT2D eigenvalue weighted by molar-refractivity contribution is 5.77. The number of carbonyl (C=O) groups is 1. The molecule has 94 valence electrons. The molecule has 0 heterocycles. The predicted molar refractivity (Wildman–Crippen MR) is 67.4 cm³/mol. The monoisotopic (exact) mass is 226 g/mol. The summed E-state index contributed by atoms with van der Waals surface area (Å²) in [5, 5.41) is 6.19. The maximum atomic E-state index is 11.4. The molecule has 3 nitrogen and oxygen atoms in total. The molecule has 0 aliphatic heterocycles. The van der Waals surface area contributed by atoms with Gasteiger partial charge in [-0.3, -0.25) is 4.79 Å². The van der Waals surface area contributed by atoms with Gasteiger partial charge in [-0.05, 0) is 31.7 Å². The SMILES string of the molecule is CCCCNC(=O)CNCC1CCCCC1. The maximum absolute atomic E-state index is 11.4. The molecule has 1 rings (SSSR count). The first-order valence-corrected chi connectivity index (χ1v) is 6.80.